The molecule has 0 bridgehead atoms. The van der Waals surface area contributed by atoms with Crippen LogP contribution in [0, 0.1) is 11.8 Å². The van der Waals surface area contributed by atoms with Crippen molar-refractivity contribution in [2.24, 2.45) is 11.8 Å². The van der Waals surface area contributed by atoms with Gasteiger partial charge in [-0.25, -0.2) is 0 Å². The molecule has 100 valence electrons. The summed E-state index contributed by atoms with van der Waals surface area (Å²) in [6.45, 7) is 6.05. The normalized spacial score (nSPS) is 14.1. The van der Waals surface area contributed by atoms with Crippen LogP contribution in [0.2, 0.25) is 0 Å². The van der Waals surface area contributed by atoms with Crippen molar-refractivity contribution in [1.82, 2.24) is 5.32 Å². The lowest BCUT2D eigenvalue weighted by Crippen LogP contribution is -2.32. The number of rotatable bonds is 9. The number of hydrogen-bond donors (Lipinski definition) is 2. The molecule has 17 heavy (non-hydrogen) atoms. The Morgan fingerprint density at radius 3 is 2.41 bits per heavy atom. The minimum atomic E-state index is -0.872. The lowest BCUT2D eigenvalue weighted by Gasteiger charge is -2.14. The molecule has 0 aromatic carbocycles. The van der Waals surface area contributed by atoms with Crippen LogP contribution < -0.4 is 5.32 Å². The second kappa shape index (κ2) is 9.02. The lowest BCUT2D eigenvalue weighted by atomic mass is 9.95. The predicted octanol–water partition coefficient (Wildman–Crippen LogP) is 2.43. The molecule has 2 unspecified atom stereocenters. The summed E-state index contributed by atoms with van der Waals surface area (Å²) in [7, 11) is 0. The molecular formula is C13H25NO3. The van der Waals surface area contributed by atoms with E-state index in [2.05, 4.69) is 19.2 Å². The van der Waals surface area contributed by atoms with Crippen LogP contribution in [0.1, 0.15) is 52.9 Å². The van der Waals surface area contributed by atoms with Crippen LogP contribution >= 0.6 is 0 Å². The van der Waals surface area contributed by atoms with Crippen molar-refractivity contribution in [2.75, 3.05) is 6.54 Å². The Balaban J connectivity index is 3.86. The topological polar surface area (TPSA) is 66.4 Å². The molecule has 4 nitrogen and oxygen atoms in total. The molecule has 2 N–H and O–H groups in total. The summed E-state index contributed by atoms with van der Waals surface area (Å²) in [4.78, 5) is 22.2. The molecule has 0 fully saturated rings. The first-order chi connectivity index (χ1) is 8.01. The molecule has 0 saturated carbocycles. The van der Waals surface area contributed by atoms with Crippen LogP contribution in [0.3, 0.4) is 0 Å². The molecular weight excluding hydrogens is 218 g/mol. The van der Waals surface area contributed by atoms with Gasteiger partial charge in [-0.2, -0.15) is 0 Å². The Morgan fingerprint density at radius 1 is 1.29 bits per heavy atom. The van der Waals surface area contributed by atoms with E-state index >= 15 is 0 Å². The molecule has 0 heterocycles. The molecule has 0 saturated heterocycles. The summed E-state index contributed by atoms with van der Waals surface area (Å²) in [6.07, 6.45) is 4.89. The molecule has 0 spiro atoms. The molecule has 1 amide bonds. The van der Waals surface area contributed by atoms with Crippen LogP contribution in [0.5, 0.6) is 0 Å². The maximum absolute atomic E-state index is 11.6. The van der Waals surface area contributed by atoms with Gasteiger partial charge in [-0.05, 0) is 12.3 Å². The van der Waals surface area contributed by atoms with E-state index in [9.17, 15) is 9.59 Å². The van der Waals surface area contributed by atoms with E-state index in [0.29, 0.717) is 12.3 Å². The molecule has 0 aliphatic carbocycles. The van der Waals surface area contributed by atoms with E-state index < -0.39 is 11.9 Å². The fraction of sp³-hybridized carbons (Fsp3) is 0.846. The Morgan fingerprint density at radius 2 is 1.94 bits per heavy atom. The monoisotopic (exact) mass is 243 g/mol. The van der Waals surface area contributed by atoms with Gasteiger partial charge in [-0.3, -0.25) is 9.59 Å². The Labute approximate surface area is 104 Å². The number of carbonyl (C=O) groups excluding carboxylic acids is 1. The van der Waals surface area contributed by atoms with Crippen LogP contribution in [0.15, 0.2) is 0 Å². The van der Waals surface area contributed by atoms with Crippen molar-refractivity contribution in [3.05, 3.63) is 0 Å². The molecule has 0 aliphatic rings. The number of carboxylic acid groups (broad SMARTS) is 1. The van der Waals surface area contributed by atoms with E-state index in [4.69, 9.17) is 5.11 Å². The van der Waals surface area contributed by atoms with Gasteiger partial charge in [-0.15, -0.1) is 0 Å². The van der Waals surface area contributed by atoms with Gasteiger partial charge < -0.3 is 10.4 Å². The minimum absolute atomic E-state index is 0.0268. The highest BCUT2D eigenvalue weighted by Gasteiger charge is 2.15. The van der Waals surface area contributed by atoms with Crippen molar-refractivity contribution in [3.8, 4) is 0 Å². The van der Waals surface area contributed by atoms with Gasteiger partial charge in [0.1, 0.15) is 0 Å². The van der Waals surface area contributed by atoms with Crippen molar-refractivity contribution in [3.63, 3.8) is 0 Å². The van der Waals surface area contributed by atoms with Gasteiger partial charge in [0, 0.05) is 13.0 Å². The predicted molar refractivity (Wildman–Crippen MR) is 67.7 cm³/mol. The van der Waals surface area contributed by atoms with Crippen molar-refractivity contribution in [1.29, 1.82) is 0 Å². The van der Waals surface area contributed by atoms with E-state index in [0.717, 1.165) is 25.7 Å². The summed E-state index contributed by atoms with van der Waals surface area (Å²) < 4.78 is 0. The van der Waals surface area contributed by atoms with Crippen molar-refractivity contribution >= 4 is 11.9 Å². The molecule has 0 aromatic heterocycles. The minimum Gasteiger partial charge on any atom is -0.481 e. The first-order valence-electron chi connectivity index (χ1n) is 6.50. The maximum atomic E-state index is 11.6. The van der Waals surface area contributed by atoms with E-state index in [-0.39, 0.29) is 12.5 Å². The number of nitrogens with one attached hydrogen (secondary N) is 1. The standard InChI is InChI=1S/C13H25NO3/c1-4-6-7-11(5-2)8-12(15)14-9-10(3)13(16)17/h10-11H,4-9H2,1-3H3,(H,14,15)(H,16,17). The van der Waals surface area contributed by atoms with E-state index in [1.54, 1.807) is 6.92 Å². The van der Waals surface area contributed by atoms with Crippen molar-refractivity contribution < 1.29 is 14.7 Å². The van der Waals surface area contributed by atoms with Crippen LogP contribution in [0.25, 0.3) is 0 Å². The first-order valence-corrected chi connectivity index (χ1v) is 6.50. The molecule has 0 aliphatic heterocycles. The fourth-order valence-electron chi connectivity index (χ4n) is 1.63. The third-order valence-electron chi connectivity index (χ3n) is 3.04. The molecule has 0 aromatic rings. The highest BCUT2D eigenvalue weighted by Crippen LogP contribution is 2.16. The summed E-state index contributed by atoms with van der Waals surface area (Å²) >= 11 is 0. The lowest BCUT2D eigenvalue weighted by molar-refractivity contribution is -0.141. The zero-order valence-corrected chi connectivity index (χ0v) is 11.2. The Hall–Kier alpha value is -1.06. The summed E-state index contributed by atoms with van der Waals surface area (Å²) in [6, 6.07) is 0. The average Bonchev–Trinajstić information content (AvgIpc) is 2.31. The Kier molecular flexibility index (Phi) is 8.46. The van der Waals surface area contributed by atoms with Crippen LogP contribution in [-0.4, -0.2) is 23.5 Å². The zero-order valence-electron chi connectivity index (χ0n) is 11.2. The number of aliphatic carboxylic acids is 1. The molecule has 2 atom stereocenters. The van der Waals surface area contributed by atoms with E-state index in [1.807, 2.05) is 0 Å². The highest BCUT2D eigenvalue weighted by molar-refractivity contribution is 5.77. The van der Waals surface area contributed by atoms with Crippen LogP contribution in [0.4, 0.5) is 0 Å². The van der Waals surface area contributed by atoms with Gasteiger partial charge in [-0.1, -0.05) is 40.0 Å². The zero-order chi connectivity index (χ0) is 13.3. The van der Waals surface area contributed by atoms with Gasteiger partial charge in [0.15, 0.2) is 0 Å². The largest absolute Gasteiger partial charge is 0.481 e. The average molecular weight is 243 g/mol. The number of unbranched alkanes of at least 4 members (excludes halogenated alkanes) is 1. The Bertz CT molecular complexity index is 241. The van der Waals surface area contributed by atoms with Gasteiger partial charge in [0.2, 0.25) is 5.91 Å². The number of hydrogen-bond acceptors (Lipinski definition) is 2. The highest BCUT2D eigenvalue weighted by atomic mass is 16.4. The van der Waals surface area contributed by atoms with E-state index in [1.165, 1.54) is 0 Å². The van der Waals surface area contributed by atoms with Gasteiger partial charge >= 0.3 is 5.97 Å². The second-order valence-corrected chi connectivity index (χ2v) is 4.66. The van der Waals surface area contributed by atoms with Crippen LogP contribution in [-0.2, 0) is 9.59 Å². The first kappa shape index (κ1) is 15.9. The second-order valence-electron chi connectivity index (χ2n) is 4.66. The number of amides is 1. The SMILES string of the molecule is CCCCC(CC)CC(=O)NCC(C)C(=O)O. The maximum Gasteiger partial charge on any atom is 0.308 e. The summed E-state index contributed by atoms with van der Waals surface area (Å²) in [5.74, 6) is -0.992. The summed E-state index contributed by atoms with van der Waals surface area (Å²) in [5.41, 5.74) is 0. The summed E-state index contributed by atoms with van der Waals surface area (Å²) in [5, 5.41) is 11.4. The quantitative estimate of drug-likeness (QED) is 0.653. The smallest absolute Gasteiger partial charge is 0.308 e. The third kappa shape index (κ3) is 7.77. The fourth-order valence-corrected chi connectivity index (χ4v) is 1.63. The van der Waals surface area contributed by atoms with Gasteiger partial charge in [0.05, 0.1) is 5.92 Å². The van der Waals surface area contributed by atoms with Crippen molar-refractivity contribution in [2.45, 2.75) is 52.9 Å². The third-order valence-corrected chi connectivity index (χ3v) is 3.04. The molecule has 0 rings (SSSR count). The van der Waals surface area contributed by atoms with Gasteiger partial charge in [0.25, 0.3) is 0 Å². The molecule has 0 radical (unpaired) electrons. The number of carboxylic acids is 1. The molecule has 4 heteroatoms. The number of carbonyl (C=O) groups is 2.